The number of rotatable bonds is 2. The van der Waals surface area contributed by atoms with E-state index in [0.717, 1.165) is 18.3 Å². The molecule has 2 saturated carbocycles. The largest absolute Gasteiger partial charge is 0.392 e. The molecule has 2 aliphatic rings. The van der Waals surface area contributed by atoms with E-state index >= 15 is 0 Å². The van der Waals surface area contributed by atoms with Gasteiger partial charge in [-0.3, -0.25) is 0 Å². The van der Waals surface area contributed by atoms with Gasteiger partial charge in [-0.25, -0.2) is 0 Å². The Labute approximate surface area is 93.5 Å². The summed E-state index contributed by atoms with van der Waals surface area (Å²) in [6.45, 7) is 9.05. The number of hydrogen-bond donors (Lipinski definition) is 2. The smallest absolute Gasteiger partial charge is 0.0621 e. The van der Waals surface area contributed by atoms with Crippen LogP contribution in [-0.2, 0) is 0 Å². The molecule has 2 nitrogen and oxygen atoms in total. The Morgan fingerprint density at radius 1 is 1.20 bits per heavy atom. The minimum atomic E-state index is -0.107. The Hall–Kier alpha value is -0.0800. The van der Waals surface area contributed by atoms with E-state index in [1.54, 1.807) is 0 Å². The van der Waals surface area contributed by atoms with E-state index in [1.165, 1.54) is 12.8 Å². The topological polar surface area (TPSA) is 32.3 Å². The van der Waals surface area contributed by atoms with E-state index in [9.17, 15) is 5.11 Å². The molecule has 15 heavy (non-hydrogen) atoms. The summed E-state index contributed by atoms with van der Waals surface area (Å²) in [5.74, 6) is 1.65. The molecular formula is C13H25NO. The fourth-order valence-corrected chi connectivity index (χ4v) is 3.04. The molecule has 2 N–H and O–H groups in total. The maximum atomic E-state index is 9.70. The zero-order valence-electron chi connectivity index (χ0n) is 10.5. The SMILES string of the molecule is CC1CCC(NC2CC(O)C2(C)C)C1C. The minimum absolute atomic E-state index is 0.0749. The van der Waals surface area contributed by atoms with Crippen LogP contribution in [0.5, 0.6) is 0 Å². The molecule has 2 aliphatic carbocycles. The van der Waals surface area contributed by atoms with E-state index in [2.05, 4.69) is 33.0 Å². The number of nitrogens with one attached hydrogen (secondary N) is 1. The first kappa shape index (κ1) is 11.4. The standard InChI is InChI=1S/C13H25NO/c1-8-5-6-10(9(8)2)14-11-7-12(15)13(11,3)4/h8-12,14-15H,5-7H2,1-4H3. The van der Waals surface area contributed by atoms with Crippen molar-refractivity contribution in [3.8, 4) is 0 Å². The molecule has 0 bridgehead atoms. The Morgan fingerprint density at radius 3 is 2.27 bits per heavy atom. The van der Waals surface area contributed by atoms with Gasteiger partial charge in [0.05, 0.1) is 6.10 Å². The molecule has 2 fully saturated rings. The summed E-state index contributed by atoms with van der Waals surface area (Å²) in [4.78, 5) is 0. The van der Waals surface area contributed by atoms with Gasteiger partial charge in [0.1, 0.15) is 0 Å². The highest BCUT2D eigenvalue weighted by atomic mass is 16.3. The molecule has 5 atom stereocenters. The predicted molar refractivity (Wildman–Crippen MR) is 62.7 cm³/mol. The second kappa shape index (κ2) is 3.74. The van der Waals surface area contributed by atoms with Crippen LogP contribution < -0.4 is 5.32 Å². The molecule has 0 heterocycles. The molecule has 0 spiro atoms. The van der Waals surface area contributed by atoms with Crippen LogP contribution in [0.3, 0.4) is 0 Å². The Bertz CT molecular complexity index is 237. The molecule has 0 aliphatic heterocycles. The lowest BCUT2D eigenvalue weighted by molar-refractivity contribution is -0.0771. The van der Waals surface area contributed by atoms with Crippen molar-refractivity contribution in [2.24, 2.45) is 17.3 Å². The third kappa shape index (κ3) is 1.83. The fourth-order valence-electron chi connectivity index (χ4n) is 3.04. The Kier molecular flexibility index (Phi) is 2.85. The van der Waals surface area contributed by atoms with Crippen molar-refractivity contribution in [1.82, 2.24) is 5.32 Å². The maximum absolute atomic E-state index is 9.70. The van der Waals surface area contributed by atoms with Gasteiger partial charge >= 0.3 is 0 Å². The van der Waals surface area contributed by atoms with Crippen LogP contribution in [0.4, 0.5) is 0 Å². The van der Waals surface area contributed by atoms with Gasteiger partial charge in [0.15, 0.2) is 0 Å². The van der Waals surface area contributed by atoms with Gasteiger partial charge in [-0.05, 0) is 31.1 Å². The molecule has 0 aromatic rings. The maximum Gasteiger partial charge on any atom is 0.0621 e. The van der Waals surface area contributed by atoms with Gasteiger partial charge in [0.25, 0.3) is 0 Å². The zero-order valence-corrected chi connectivity index (χ0v) is 10.5. The van der Waals surface area contributed by atoms with Crippen LogP contribution in [0.15, 0.2) is 0 Å². The summed E-state index contributed by atoms with van der Waals surface area (Å²) in [6, 6.07) is 1.20. The molecule has 0 amide bonds. The number of aliphatic hydroxyl groups excluding tert-OH is 1. The highest BCUT2D eigenvalue weighted by Gasteiger charge is 2.48. The van der Waals surface area contributed by atoms with Crippen LogP contribution in [0.1, 0.15) is 47.0 Å². The van der Waals surface area contributed by atoms with Gasteiger partial charge in [0, 0.05) is 17.5 Å². The molecule has 5 unspecified atom stereocenters. The number of aliphatic hydroxyl groups is 1. The fraction of sp³-hybridized carbons (Fsp3) is 1.00. The summed E-state index contributed by atoms with van der Waals surface area (Å²) in [5.41, 5.74) is 0.0749. The highest BCUT2D eigenvalue weighted by molar-refractivity contribution is 5.03. The van der Waals surface area contributed by atoms with Gasteiger partial charge in [-0.15, -0.1) is 0 Å². The molecular weight excluding hydrogens is 186 g/mol. The first-order valence-electron chi connectivity index (χ1n) is 6.37. The summed E-state index contributed by atoms with van der Waals surface area (Å²) in [7, 11) is 0. The van der Waals surface area contributed by atoms with Crippen LogP contribution in [0, 0.1) is 17.3 Å². The Morgan fingerprint density at radius 2 is 1.87 bits per heavy atom. The van der Waals surface area contributed by atoms with E-state index in [0.29, 0.717) is 12.1 Å². The van der Waals surface area contributed by atoms with Gasteiger partial charge in [-0.2, -0.15) is 0 Å². The first-order valence-corrected chi connectivity index (χ1v) is 6.37. The van der Waals surface area contributed by atoms with E-state index in [1.807, 2.05) is 0 Å². The quantitative estimate of drug-likeness (QED) is 0.733. The third-order valence-electron chi connectivity index (χ3n) is 5.10. The summed E-state index contributed by atoms with van der Waals surface area (Å²) < 4.78 is 0. The molecule has 2 rings (SSSR count). The van der Waals surface area contributed by atoms with Crippen molar-refractivity contribution in [3.63, 3.8) is 0 Å². The van der Waals surface area contributed by atoms with Crippen LogP contribution in [0.25, 0.3) is 0 Å². The third-order valence-corrected chi connectivity index (χ3v) is 5.10. The molecule has 0 radical (unpaired) electrons. The molecule has 0 aromatic carbocycles. The normalized spacial score (nSPS) is 49.0. The Balaban J connectivity index is 1.89. The second-order valence-corrected chi connectivity index (χ2v) is 6.31. The van der Waals surface area contributed by atoms with Crippen LogP contribution >= 0.6 is 0 Å². The summed E-state index contributed by atoms with van der Waals surface area (Å²) in [5, 5.41) is 13.5. The van der Waals surface area contributed by atoms with Crippen LogP contribution in [-0.4, -0.2) is 23.3 Å². The lowest BCUT2D eigenvalue weighted by atomic mass is 9.64. The first-order chi connectivity index (χ1) is 6.93. The van der Waals surface area contributed by atoms with E-state index < -0.39 is 0 Å². The van der Waals surface area contributed by atoms with Crippen molar-refractivity contribution >= 4 is 0 Å². The summed E-state index contributed by atoms with van der Waals surface area (Å²) in [6.07, 6.45) is 3.49. The van der Waals surface area contributed by atoms with Gasteiger partial charge in [-0.1, -0.05) is 27.7 Å². The average Bonchev–Trinajstić information content (AvgIpc) is 2.49. The predicted octanol–water partition coefficient (Wildman–Crippen LogP) is 2.17. The van der Waals surface area contributed by atoms with E-state index in [4.69, 9.17) is 0 Å². The van der Waals surface area contributed by atoms with Crippen LogP contribution in [0.2, 0.25) is 0 Å². The van der Waals surface area contributed by atoms with Gasteiger partial charge in [0.2, 0.25) is 0 Å². The average molecular weight is 211 g/mol. The van der Waals surface area contributed by atoms with Crippen molar-refractivity contribution in [3.05, 3.63) is 0 Å². The van der Waals surface area contributed by atoms with Gasteiger partial charge < -0.3 is 10.4 Å². The molecule has 2 heteroatoms. The molecule has 0 aromatic heterocycles. The van der Waals surface area contributed by atoms with Crippen molar-refractivity contribution in [1.29, 1.82) is 0 Å². The minimum Gasteiger partial charge on any atom is -0.392 e. The van der Waals surface area contributed by atoms with E-state index in [-0.39, 0.29) is 11.5 Å². The summed E-state index contributed by atoms with van der Waals surface area (Å²) >= 11 is 0. The van der Waals surface area contributed by atoms with Crippen molar-refractivity contribution < 1.29 is 5.11 Å². The highest BCUT2D eigenvalue weighted by Crippen LogP contribution is 2.42. The lowest BCUT2D eigenvalue weighted by Crippen LogP contribution is -2.62. The zero-order chi connectivity index (χ0) is 11.2. The lowest BCUT2D eigenvalue weighted by Gasteiger charge is -2.51. The monoisotopic (exact) mass is 211 g/mol. The van der Waals surface area contributed by atoms with Crippen molar-refractivity contribution in [2.45, 2.75) is 65.1 Å². The number of hydrogen-bond acceptors (Lipinski definition) is 2. The molecule has 0 saturated heterocycles. The second-order valence-electron chi connectivity index (χ2n) is 6.31. The molecule has 88 valence electrons. The van der Waals surface area contributed by atoms with Crippen molar-refractivity contribution in [2.75, 3.05) is 0 Å².